The van der Waals surface area contributed by atoms with Crippen molar-refractivity contribution in [1.29, 1.82) is 0 Å². The number of aryl methyl sites for hydroxylation is 1. The van der Waals surface area contributed by atoms with E-state index >= 15 is 0 Å². The van der Waals surface area contributed by atoms with E-state index in [4.69, 9.17) is 14.2 Å². The van der Waals surface area contributed by atoms with Crippen LogP contribution in [0, 0.1) is 6.92 Å². The molecular formula is C26H27F3N6O4S. The maximum Gasteiger partial charge on any atom is 0.573 e. The van der Waals surface area contributed by atoms with Gasteiger partial charge in [-0.15, -0.1) is 23.4 Å². The predicted octanol–water partition coefficient (Wildman–Crippen LogP) is 5.78. The van der Waals surface area contributed by atoms with Gasteiger partial charge in [-0.05, 0) is 55.6 Å². The standard InChI is InChI=1S/C26H27F3N6O4S/c1-15-13-30-23(31-14-15)22(38-5)16(2)40-34-25-33-32-24(17-8-6-9-18(12-17)39-26(27,28)29)35(25)21-19(36-3)10-7-11-20(21)37-4/h6-14,16,22H,1-5H3,(H,33,34). The molecule has 2 atom stereocenters. The summed E-state index contributed by atoms with van der Waals surface area (Å²) in [6, 6.07) is 10.7. The SMILES string of the molecule is COc1cccc(OC)c1-n1c(NSC(C)C(OC)c2ncc(C)cn2)nnc1-c1cccc(OC(F)(F)F)c1. The van der Waals surface area contributed by atoms with E-state index in [1.54, 1.807) is 48.3 Å². The van der Waals surface area contributed by atoms with Crippen LogP contribution in [0.5, 0.6) is 17.2 Å². The van der Waals surface area contributed by atoms with Crippen LogP contribution in [-0.4, -0.2) is 57.7 Å². The number of nitrogens with zero attached hydrogens (tertiary/aromatic N) is 5. The highest BCUT2D eigenvalue weighted by Crippen LogP contribution is 2.39. The Kier molecular flexibility index (Phi) is 9.00. The Morgan fingerprint density at radius 2 is 1.60 bits per heavy atom. The topological polar surface area (TPSA) is 105 Å². The Morgan fingerprint density at radius 3 is 2.20 bits per heavy atom. The molecule has 2 aromatic carbocycles. The number of alkyl halides is 3. The van der Waals surface area contributed by atoms with Gasteiger partial charge in [-0.2, -0.15) is 0 Å². The average molecular weight is 577 g/mol. The van der Waals surface area contributed by atoms with Crippen LogP contribution < -0.4 is 18.9 Å². The summed E-state index contributed by atoms with van der Waals surface area (Å²) < 4.78 is 64.5. The summed E-state index contributed by atoms with van der Waals surface area (Å²) >= 11 is 1.28. The lowest BCUT2D eigenvalue weighted by atomic mass is 10.2. The molecule has 0 aliphatic heterocycles. The Balaban J connectivity index is 1.75. The van der Waals surface area contributed by atoms with Gasteiger partial charge < -0.3 is 18.9 Å². The number of para-hydroxylation sites is 1. The number of halogens is 3. The van der Waals surface area contributed by atoms with Crippen molar-refractivity contribution in [1.82, 2.24) is 24.7 Å². The first-order valence-electron chi connectivity index (χ1n) is 11.9. The molecule has 2 heterocycles. The monoisotopic (exact) mass is 576 g/mol. The van der Waals surface area contributed by atoms with E-state index in [1.807, 2.05) is 13.8 Å². The minimum atomic E-state index is -4.85. The summed E-state index contributed by atoms with van der Waals surface area (Å²) in [5, 5.41) is 8.39. The van der Waals surface area contributed by atoms with E-state index in [9.17, 15) is 13.2 Å². The first kappa shape index (κ1) is 29.0. The molecule has 2 unspecified atom stereocenters. The van der Waals surface area contributed by atoms with Crippen molar-refractivity contribution in [3.05, 3.63) is 66.2 Å². The van der Waals surface area contributed by atoms with E-state index in [1.165, 1.54) is 44.4 Å². The van der Waals surface area contributed by atoms with Crippen LogP contribution in [0.15, 0.2) is 54.9 Å². The summed E-state index contributed by atoms with van der Waals surface area (Å²) in [5.74, 6) is 1.45. The quantitative estimate of drug-likeness (QED) is 0.221. The number of methoxy groups -OCH3 is 3. The molecule has 0 amide bonds. The fourth-order valence-corrected chi connectivity index (χ4v) is 4.68. The molecule has 0 radical (unpaired) electrons. The summed E-state index contributed by atoms with van der Waals surface area (Å²) in [7, 11) is 4.56. The van der Waals surface area contributed by atoms with Crippen molar-refractivity contribution in [2.24, 2.45) is 0 Å². The molecule has 0 aliphatic rings. The molecule has 0 saturated carbocycles. The largest absolute Gasteiger partial charge is 0.573 e. The van der Waals surface area contributed by atoms with Crippen molar-refractivity contribution in [3.8, 4) is 34.3 Å². The highest BCUT2D eigenvalue weighted by molar-refractivity contribution is 8.01. The molecule has 10 nitrogen and oxygen atoms in total. The van der Waals surface area contributed by atoms with Gasteiger partial charge in [0.05, 0.1) is 19.5 Å². The molecule has 0 fully saturated rings. The van der Waals surface area contributed by atoms with E-state index in [0.29, 0.717) is 28.6 Å². The molecule has 0 aliphatic carbocycles. The number of hydrogen-bond donors (Lipinski definition) is 1. The van der Waals surface area contributed by atoms with E-state index in [0.717, 1.165) is 5.56 Å². The maximum absolute atomic E-state index is 12.9. The second-order valence-electron chi connectivity index (χ2n) is 8.47. The van der Waals surface area contributed by atoms with Crippen LogP contribution in [0.25, 0.3) is 17.1 Å². The minimum Gasteiger partial charge on any atom is -0.494 e. The van der Waals surface area contributed by atoms with E-state index in [-0.39, 0.29) is 17.0 Å². The van der Waals surface area contributed by atoms with Gasteiger partial charge in [0.25, 0.3) is 0 Å². The zero-order valence-corrected chi connectivity index (χ0v) is 23.1. The Bertz CT molecular complexity index is 1410. The zero-order valence-electron chi connectivity index (χ0n) is 22.3. The second kappa shape index (κ2) is 12.4. The third kappa shape index (κ3) is 6.57. The summed E-state index contributed by atoms with van der Waals surface area (Å²) in [6.07, 6.45) is -1.87. The van der Waals surface area contributed by atoms with Crippen molar-refractivity contribution in [3.63, 3.8) is 0 Å². The van der Waals surface area contributed by atoms with Crippen LogP contribution in [0.1, 0.15) is 24.4 Å². The second-order valence-corrected chi connectivity index (χ2v) is 9.65. The number of anilines is 1. The van der Waals surface area contributed by atoms with Crippen LogP contribution in [0.2, 0.25) is 0 Å². The van der Waals surface area contributed by atoms with Crippen molar-refractivity contribution < 1.29 is 32.1 Å². The molecule has 0 bridgehead atoms. The Hall–Kier alpha value is -4.04. The normalized spacial score (nSPS) is 13.0. The van der Waals surface area contributed by atoms with Gasteiger partial charge in [0.1, 0.15) is 29.0 Å². The number of ether oxygens (including phenoxy) is 4. The number of rotatable bonds is 11. The van der Waals surface area contributed by atoms with Gasteiger partial charge in [-0.25, -0.2) is 9.97 Å². The van der Waals surface area contributed by atoms with Crippen LogP contribution in [0.4, 0.5) is 19.1 Å². The van der Waals surface area contributed by atoms with Gasteiger partial charge in [0.2, 0.25) is 5.95 Å². The number of benzene rings is 2. The van der Waals surface area contributed by atoms with Gasteiger partial charge in [-0.3, -0.25) is 9.29 Å². The van der Waals surface area contributed by atoms with Crippen LogP contribution >= 0.6 is 11.9 Å². The number of hydrogen-bond acceptors (Lipinski definition) is 10. The lowest BCUT2D eigenvalue weighted by Crippen LogP contribution is -2.19. The summed E-state index contributed by atoms with van der Waals surface area (Å²) in [4.78, 5) is 8.76. The average Bonchev–Trinajstić information content (AvgIpc) is 3.35. The first-order valence-corrected chi connectivity index (χ1v) is 12.8. The van der Waals surface area contributed by atoms with Crippen LogP contribution in [-0.2, 0) is 4.74 Å². The third-order valence-electron chi connectivity index (χ3n) is 5.69. The highest BCUT2D eigenvalue weighted by atomic mass is 32.2. The highest BCUT2D eigenvalue weighted by Gasteiger charge is 2.32. The minimum absolute atomic E-state index is 0.204. The van der Waals surface area contributed by atoms with Crippen molar-refractivity contribution in [2.45, 2.75) is 31.6 Å². The number of aromatic nitrogens is 5. The third-order valence-corrected chi connectivity index (χ3v) is 6.61. The van der Waals surface area contributed by atoms with Gasteiger partial charge >= 0.3 is 6.36 Å². The number of nitrogens with one attached hydrogen (secondary N) is 1. The molecule has 4 aromatic rings. The molecule has 1 N–H and O–H groups in total. The maximum atomic E-state index is 12.9. The molecule has 2 aromatic heterocycles. The van der Waals surface area contributed by atoms with Crippen LogP contribution in [0.3, 0.4) is 0 Å². The van der Waals surface area contributed by atoms with E-state index in [2.05, 4.69) is 29.6 Å². The summed E-state index contributed by atoms with van der Waals surface area (Å²) in [6.45, 7) is 3.82. The van der Waals surface area contributed by atoms with Crippen molar-refractivity contribution in [2.75, 3.05) is 26.1 Å². The predicted molar refractivity (Wildman–Crippen MR) is 144 cm³/mol. The Labute approximate surface area is 233 Å². The zero-order chi connectivity index (χ0) is 28.9. The fraction of sp³-hybridized carbons (Fsp3) is 0.308. The molecule has 212 valence electrons. The first-order chi connectivity index (χ1) is 19.1. The van der Waals surface area contributed by atoms with Crippen molar-refractivity contribution >= 4 is 17.9 Å². The van der Waals surface area contributed by atoms with E-state index < -0.39 is 18.2 Å². The molecular weight excluding hydrogens is 549 g/mol. The molecule has 0 saturated heterocycles. The molecule has 0 spiro atoms. The Morgan fingerprint density at radius 1 is 0.950 bits per heavy atom. The lowest BCUT2D eigenvalue weighted by molar-refractivity contribution is -0.274. The summed E-state index contributed by atoms with van der Waals surface area (Å²) in [5.41, 5.74) is 1.68. The molecule has 40 heavy (non-hydrogen) atoms. The van der Waals surface area contributed by atoms with Gasteiger partial charge in [0.15, 0.2) is 11.6 Å². The smallest absolute Gasteiger partial charge is 0.494 e. The molecule has 14 heteroatoms. The molecule has 4 rings (SSSR count). The van der Waals surface area contributed by atoms with Gasteiger partial charge in [-0.1, -0.05) is 18.2 Å². The fourth-order valence-electron chi connectivity index (χ4n) is 3.90. The van der Waals surface area contributed by atoms with Gasteiger partial charge in [0, 0.05) is 25.1 Å². The lowest BCUT2D eigenvalue weighted by Gasteiger charge is -2.22.